The lowest BCUT2D eigenvalue weighted by atomic mass is 9.87. The Kier molecular flexibility index (Phi) is 13.4. The zero-order valence-electron chi connectivity index (χ0n) is 26.9. The summed E-state index contributed by atoms with van der Waals surface area (Å²) in [5, 5.41) is 0. The van der Waals surface area contributed by atoms with Crippen molar-refractivity contribution in [3.05, 3.63) is 29.6 Å². The average Bonchev–Trinajstić information content (AvgIpc) is 3.04. The number of aromatic nitrogens is 1. The Balaban J connectivity index is 3.46. The minimum absolute atomic E-state index is 0.0289. The van der Waals surface area contributed by atoms with Gasteiger partial charge in [-0.15, -0.1) is 0 Å². The van der Waals surface area contributed by atoms with Crippen LogP contribution in [0.5, 0.6) is 0 Å². The fourth-order valence-electron chi connectivity index (χ4n) is 4.12. The van der Waals surface area contributed by atoms with Gasteiger partial charge < -0.3 is 0 Å². The van der Waals surface area contributed by atoms with Crippen LogP contribution in [0.25, 0.3) is 0 Å². The first kappa shape index (κ1) is 54.8. The smallest absolute Gasteiger partial charge is 0.264 e. The first-order valence-electron chi connectivity index (χ1n) is 14.0. The maximum absolute atomic E-state index is 14.2. The second-order valence-electron chi connectivity index (χ2n) is 12.0. The molecule has 0 unspecified atom stereocenters. The molecule has 1 rings (SSSR count). The summed E-state index contributed by atoms with van der Waals surface area (Å²) in [5.41, 5.74) is -2.81. The van der Waals surface area contributed by atoms with Gasteiger partial charge in [-0.2, -0.15) is 149 Å². The minimum Gasteiger partial charge on any atom is -0.264 e. The molecule has 0 spiro atoms. The first-order chi connectivity index (χ1) is 25.7. The Morgan fingerprint density at radius 3 is 0.650 bits per heavy atom. The molecule has 0 saturated carbocycles. The van der Waals surface area contributed by atoms with E-state index in [1.165, 1.54) is 0 Å². The fraction of sp³-hybridized carbons (Fsp3) is 0.800. The van der Waals surface area contributed by atoms with Crippen LogP contribution in [0.4, 0.5) is 149 Å². The van der Waals surface area contributed by atoms with Crippen LogP contribution in [0.15, 0.2) is 18.5 Å². The molecule has 0 radical (unpaired) electrons. The Bertz CT molecular complexity index is 1540. The van der Waals surface area contributed by atoms with E-state index in [1.807, 2.05) is 0 Å². The maximum atomic E-state index is 14.2. The molecular weight excluding hydrogens is 960 g/mol. The van der Waals surface area contributed by atoms with Gasteiger partial charge in [0.2, 0.25) is 0 Å². The van der Waals surface area contributed by atoms with Crippen LogP contribution in [0, 0.1) is 0 Å². The fourth-order valence-corrected chi connectivity index (χ4v) is 4.12. The van der Waals surface area contributed by atoms with Gasteiger partial charge in [-0.25, -0.2) is 0 Å². The topological polar surface area (TPSA) is 12.9 Å². The van der Waals surface area contributed by atoms with Gasteiger partial charge >= 0.3 is 95.3 Å². The summed E-state index contributed by atoms with van der Waals surface area (Å²) >= 11 is 0. The minimum atomic E-state index is -8.99. The monoisotopic (exact) mass is 971 g/mol. The molecule has 0 atom stereocenters. The third kappa shape index (κ3) is 7.56. The molecule has 35 heteroatoms. The number of nitrogens with zero attached hydrogens (tertiary/aromatic N) is 1. The van der Waals surface area contributed by atoms with Crippen molar-refractivity contribution in [2.75, 3.05) is 0 Å². The standard InChI is InChI=1S/C25H11F34N/c26-10(27,12(30,31)14(34,35)16(38,39)18(42,43)20(46,47)22(50,51)24(54,55)56)3-1-8-5-9(7-60-6-8)2-4-11(28,29)13(32,33)15(36,37)17(40,41)19(44,45)21(48,49)23(52,53)25(57,58)59/h5-7H,1-4H2. The molecule has 0 saturated heterocycles. The Hall–Kier alpha value is -3.23. The number of halogens is 34. The Labute approximate surface area is 306 Å². The van der Waals surface area contributed by atoms with E-state index in [0.29, 0.717) is 0 Å². The molecule has 0 aromatic carbocycles. The summed E-state index contributed by atoms with van der Waals surface area (Å²) in [5.74, 6) is -119. The Morgan fingerprint density at radius 2 is 0.450 bits per heavy atom. The van der Waals surface area contributed by atoms with E-state index in [0.717, 1.165) is 0 Å². The van der Waals surface area contributed by atoms with Crippen molar-refractivity contribution in [2.45, 2.75) is 121 Å². The number of aryl methyl sites for hydroxylation is 2. The molecule has 0 aliphatic rings. The lowest BCUT2D eigenvalue weighted by molar-refractivity contribution is -0.461. The van der Waals surface area contributed by atoms with Crippen molar-refractivity contribution in [3.8, 4) is 0 Å². The summed E-state index contributed by atoms with van der Waals surface area (Å²) in [6, 6.07) is -0.156. The van der Waals surface area contributed by atoms with Gasteiger partial charge in [0.05, 0.1) is 0 Å². The first-order valence-corrected chi connectivity index (χ1v) is 14.0. The summed E-state index contributed by atoms with van der Waals surface area (Å²) in [4.78, 5) is 2.80. The number of rotatable bonds is 18. The molecular formula is C25H11F34N. The van der Waals surface area contributed by atoms with Crippen molar-refractivity contribution in [2.24, 2.45) is 0 Å². The van der Waals surface area contributed by atoms with Gasteiger partial charge in [-0.1, -0.05) is 6.07 Å². The highest BCUT2D eigenvalue weighted by atomic mass is 19.4. The molecule has 0 amide bonds. The van der Waals surface area contributed by atoms with Crippen LogP contribution in [0.2, 0.25) is 0 Å². The number of hydrogen-bond donors (Lipinski definition) is 0. The van der Waals surface area contributed by atoms with Gasteiger partial charge in [0.15, 0.2) is 0 Å². The molecule has 354 valence electrons. The van der Waals surface area contributed by atoms with E-state index in [-0.39, 0.29) is 18.5 Å². The lowest BCUT2D eigenvalue weighted by Gasteiger charge is -2.42. The second-order valence-corrected chi connectivity index (χ2v) is 12.0. The summed E-state index contributed by atoms with van der Waals surface area (Å²) in [6.45, 7) is 0. The van der Waals surface area contributed by atoms with Crippen molar-refractivity contribution in [1.29, 1.82) is 0 Å². The third-order valence-electron chi connectivity index (χ3n) is 7.88. The van der Waals surface area contributed by atoms with Crippen LogP contribution >= 0.6 is 0 Å². The zero-order chi connectivity index (χ0) is 48.8. The Morgan fingerprint density at radius 1 is 0.267 bits per heavy atom. The molecule has 60 heavy (non-hydrogen) atoms. The van der Waals surface area contributed by atoms with Gasteiger partial charge in [0.1, 0.15) is 0 Å². The molecule has 0 fully saturated rings. The van der Waals surface area contributed by atoms with E-state index >= 15 is 0 Å². The highest BCUT2D eigenvalue weighted by molar-refractivity contribution is 5.21. The molecule has 0 aliphatic carbocycles. The largest absolute Gasteiger partial charge is 0.460 e. The normalized spacial score (nSPS) is 16.4. The van der Waals surface area contributed by atoms with Crippen molar-refractivity contribution in [1.82, 2.24) is 4.98 Å². The summed E-state index contributed by atoms with van der Waals surface area (Å²) in [6.07, 6.45) is -27.0. The third-order valence-corrected chi connectivity index (χ3v) is 7.88. The number of pyridine rings is 1. The average molecular weight is 971 g/mol. The summed E-state index contributed by atoms with van der Waals surface area (Å²) < 4.78 is 456. The molecule has 0 aliphatic heterocycles. The van der Waals surface area contributed by atoms with Gasteiger partial charge in [-0.3, -0.25) is 4.98 Å². The van der Waals surface area contributed by atoms with Crippen LogP contribution in [-0.2, 0) is 12.8 Å². The van der Waals surface area contributed by atoms with Crippen LogP contribution < -0.4 is 0 Å². The van der Waals surface area contributed by atoms with Gasteiger partial charge in [-0.05, 0) is 24.0 Å². The molecule has 1 heterocycles. The molecule has 1 nitrogen and oxygen atoms in total. The highest BCUT2D eigenvalue weighted by Crippen LogP contribution is 2.66. The van der Waals surface area contributed by atoms with Crippen LogP contribution in [-0.4, -0.2) is 100 Å². The second kappa shape index (κ2) is 14.7. The van der Waals surface area contributed by atoms with E-state index in [9.17, 15) is 149 Å². The SMILES string of the molecule is FC(F)(F)C(F)(F)C(F)(F)C(F)(F)C(F)(F)C(F)(F)C(F)(F)C(F)(F)CCc1cncc(CCC(F)(F)C(F)(F)C(F)(F)C(F)(F)C(F)(F)C(F)(F)C(F)(F)C(F)(F)F)c1. The van der Waals surface area contributed by atoms with Crippen LogP contribution in [0.1, 0.15) is 24.0 Å². The van der Waals surface area contributed by atoms with E-state index in [2.05, 4.69) is 4.98 Å². The lowest BCUT2D eigenvalue weighted by Crippen LogP contribution is -2.74. The molecule has 1 aromatic rings. The van der Waals surface area contributed by atoms with E-state index in [4.69, 9.17) is 0 Å². The number of alkyl halides is 34. The maximum Gasteiger partial charge on any atom is 0.460 e. The summed E-state index contributed by atoms with van der Waals surface area (Å²) in [7, 11) is 0. The number of hydrogen-bond acceptors (Lipinski definition) is 1. The molecule has 0 bridgehead atoms. The van der Waals surface area contributed by atoms with Crippen molar-refractivity contribution >= 4 is 0 Å². The van der Waals surface area contributed by atoms with Crippen molar-refractivity contribution in [3.63, 3.8) is 0 Å². The predicted molar refractivity (Wildman–Crippen MR) is 122 cm³/mol. The van der Waals surface area contributed by atoms with Gasteiger partial charge in [0.25, 0.3) is 0 Å². The van der Waals surface area contributed by atoms with E-state index in [1.54, 1.807) is 0 Å². The van der Waals surface area contributed by atoms with Crippen molar-refractivity contribution < 1.29 is 149 Å². The quantitative estimate of drug-likeness (QED) is 0.134. The van der Waals surface area contributed by atoms with Crippen LogP contribution in [0.3, 0.4) is 0 Å². The molecule has 0 N–H and O–H groups in total. The zero-order valence-corrected chi connectivity index (χ0v) is 26.9. The molecule has 1 aromatic heterocycles. The highest BCUT2D eigenvalue weighted by Gasteiger charge is 2.96. The predicted octanol–water partition coefficient (Wildman–Crippen LogP) is 13.0. The van der Waals surface area contributed by atoms with Gasteiger partial charge in [0, 0.05) is 25.2 Å². The van der Waals surface area contributed by atoms with E-state index < -0.39 is 132 Å².